The van der Waals surface area contributed by atoms with Crippen molar-refractivity contribution in [2.24, 2.45) is 0 Å². The van der Waals surface area contributed by atoms with Crippen molar-refractivity contribution in [3.8, 4) is 0 Å². The molecule has 0 aromatic rings. The minimum absolute atomic E-state index is 0.0615. The van der Waals surface area contributed by atoms with E-state index in [0.717, 1.165) is 0 Å². The lowest BCUT2D eigenvalue weighted by Crippen LogP contribution is -2.42. The Morgan fingerprint density at radius 2 is 1.80 bits per heavy atom. The van der Waals surface area contributed by atoms with Crippen molar-refractivity contribution in [1.29, 1.82) is 0 Å². The highest BCUT2D eigenvalue weighted by atomic mass is 32.2. The summed E-state index contributed by atoms with van der Waals surface area (Å²) in [6.45, 7) is 5.30. The SMILES string of the molecule is CNC(=O)C(C)NCCS(=O)(=O)C(C)C. The summed E-state index contributed by atoms with van der Waals surface area (Å²) in [6, 6.07) is -0.364. The first kappa shape index (κ1) is 14.4. The maximum atomic E-state index is 11.4. The molecule has 0 heterocycles. The number of carbonyl (C=O) groups is 1. The Morgan fingerprint density at radius 3 is 2.20 bits per heavy atom. The molecule has 1 atom stereocenters. The number of nitrogens with one attached hydrogen (secondary N) is 2. The third-order valence-electron chi connectivity index (χ3n) is 2.20. The van der Waals surface area contributed by atoms with Crippen molar-refractivity contribution >= 4 is 15.7 Å². The Balaban J connectivity index is 3.95. The Morgan fingerprint density at radius 1 is 1.27 bits per heavy atom. The van der Waals surface area contributed by atoms with Crippen LogP contribution in [0, 0.1) is 0 Å². The molecule has 0 saturated heterocycles. The van der Waals surface area contributed by atoms with E-state index in [1.54, 1.807) is 27.8 Å². The molecule has 90 valence electrons. The lowest BCUT2D eigenvalue weighted by molar-refractivity contribution is -0.122. The summed E-state index contributed by atoms with van der Waals surface area (Å²) < 4.78 is 22.8. The van der Waals surface area contributed by atoms with Crippen LogP contribution in [0.5, 0.6) is 0 Å². The molecule has 0 aliphatic heterocycles. The highest BCUT2D eigenvalue weighted by molar-refractivity contribution is 7.92. The lowest BCUT2D eigenvalue weighted by Gasteiger charge is -2.13. The molecule has 0 radical (unpaired) electrons. The maximum Gasteiger partial charge on any atom is 0.236 e. The number of sulfone groups is 1. The third-order valence-corrected chi connectivity index (χ3v) is 4.40. The fourth-order valence-corrected chi connectivity index (χ4v) is 1.84. The molecule has 0 rings (SSSR count). The number of likely N-dealkylation sites (N-methyl/N-ethyl adjacent to an activating group) is 1. The zero-order valence-electron chi connectivity index (χ0n) is 9.70. The van der Waals surface area contributed by atoms with Gasteiger partial charge in [-0.3, -0.25) is 4.79 Å². The van der Waals surface area contributed by atoms with Crippen LogP contribution in [-0.4, -0.2) is 45.0 Å². The van der Waals surface area contributed by atoms with Gasteiger partial charge in [-0.2, -0.15) is 0 Å². The summed E-state index contributed by atoms with van der Waals surface area (Å²) in [5, 5.41) is 4.97. The number of rotatable bonds is 6. The second-order valence-electron chi connectivity index (χ2n) is 3.71. The normalized spacial score (nSPS) is 13.9. The molecular formula is C9H20N2O3S. The Kier molecular flexibility index (Phi) is 5.82. The van der Waals surface area contributed by atoms with Crippen molar-refractivity contribution in [2.75, 3.05) is 19.3 Å². The van der Waals surface area contributed by atoms with Crippen LogP contribution in [0.25, 0.3) is 0 Å². The molecule has 0 bridgehead atoms. The Hall–Kier alpha value is -0.620. The Bertz CT molecular complexity index is 298. The van der Waals surface area contributed by atoms with Gasteiger partial charge in [0.25, 0.3) is 0 Å². The van der Waals surface area contributed by atoms with E-state index in [1.165, 1.54) is 0 Å². The largest absolute Gasteiger partial charge is 0.358 e. The molecule has 0 aromatic heterocycles. The van der Waals surface area contributed by atoms with Crippen LogP contribution < -0.4 is 10.6 Å². The summed E-state index contributed by atoms with van der Waals surface area (Å²) in [4.78, 5) is 11.1. The molecular weight excluding hydrogens is 216 g/mol. The fraction of sp³-hybridized carbons (Fsp3) is 0.889. The summed E-state index contributed by atoms with van der Waals surface area (Å²) in [6.07, 6.45) is 0. The van der Waals surface area contributed by atoms with Crippen LogP contribution in [0.1, 0.15) is 20.8 Å². The summed E-state index contributed by atoms with van der Waals surface area (Å²) in [5.74, 6) is -0.0802. The third kappa shape index (κ3) is 5.13. The van der Waals surface area contributed by atoms with Gasteiger partial charge in [0.15, 0.2) is 9.84 Å². The number of carbonyl (C=O) groups excluding carboxylic acids is 1. The summed E-state index contributed by atoms with van der Waals surface area (Å²) >= 11 is 0. The molecule has 15 heavy (non-hydrogen) atoms. The van der Waals surface area contributed by atoms with E-state index in [1.807, 2.05) is 0 Å². The van der Waals surface area contributed by atoms with Gasteiger partial charge >= 0.3 is 0 Å². The van der Waals surface area contributed by atoms with Crippen molar-refractivity contribution < 1.29 is 13.2 Å². The van der Waals surface area contributed by atoms with Gasteiger partial charge in [-0.1, -0.05) is 0 Å². The average Bonchev–Trinajstić information content (AvgIpc) is 2.15. The maximum absolute atomic E-state index is 11.4. The molecule has 0 spiro atoms. The lowest BCUT2D eigenvalue weighted by atomic mass is 10.3. The van der Waals surface area contributed by atoms with Crippen molar-refractivity contribution in [1.82, 2.24) is 10.6 Å². The molecule has 5 nitrogen and oxygen atoms in total. The van der Waals surface area contributed by atoms with Crippen LogP contribution in [0.2, 0.25) is 0 Å². The first-order valence-corrected chi connectivity index (χ1v) is 6.69. The molecule has 1 amide bonds. The number of amides is 1. The van der Waals surface area contributed by atoms with Gasteiger partial charge in [0.05, 0.1) is 17.0 Å². The second-order valence-corrected chi connectivity index (χ2v) is 6.38. The van der Waals surface area contributed by atoms with Crippen molar-refractivity contribution in [2.45, 2.75) is 32.1 Å². The van der Waals surface area contributed by atoms with Gasteiger partial charge in [-0.05, 0) is 20.8 Å². The Labute approximate surface area is 91.5 Å². The van der Waals surface area contributed by atoms with Gasteiger partial charge in [-0.25, -0.2) is 8.42 Å². The zero-order valence-corrected chi connectivity index (χ0v) is 10.5. The zero-order chi connectivity index (χ0) is 12.1. The topological polar surface area (TPSA) is 75.3 Å². The first-order chi connectivity index (χ1) is 6.81. The molecule has 0 saturated carbocycles. The van der Waals surface area contributed by atoms with Crippen molar-refractivity contribution in [3.63, 3.8) is 0 Å². The highest BCUT2D eigenvalue weighted by Gasteiger charge is 2.17. The molecule has 0 fully saturated rings. The van der Waals surface area contributed by atoms with E-state index >= 15 is 0 Å². The molecule has 0 aliphatic carbocycles. The van der Waals surface area contributed by atoms with Gasteiger partial charge in [-0.15, -0.1) is 0 Å². The van der Waals surface area contributed by atoms with E-state index in [2.05, 4.69) is 10.6 Å². The number of hydrogen-bond donors (Lipinski definition) is 2. The minimum atomic E-state index is -3.02. The summed E-state index contributed by atoms with van der Waals surface area (Å²) in [5.41, 5.74) is 0. The average molecular weight is 236 g/mol. The van der Waals surface area contributed by atoms with Crippen LogP contribution in [0.4, 0.5) is 0 Å². The van der Waals surface area contributed by atoms with Gasteiger partial charge in [0.2, 0.25) is 5.91 Å². The standard InChI is InChI=1S/C9H20N2O3S/c1-7(2)15(13,14)6-5-11-8(3)9(12)10-4/h7-8,11H,5-6H2,1-4H3,(H,10,12). The van der Waals surface area contributed by atoms with Crippen LogP contribution in [-0.2, 0) is 14.6 Å². The van der Waals surface area contributed by atoms with Crippen LogP contribution >= 0.6 is 0 Å². The first-order valence-electron chi connectivity index (χ1n) is 4.97. The summed E-state index contributed by atoms with van der Waals surface area (Å²) in [7, 11) is -1.47. The molecule has 1 unspecified atom stereocenters. The highest BCUT2D eigenvalue weighted by Crippen LogP contribution is 1.99. The molecule has 0 aliphatic rings. The van der Waals surface area contributed by atoms with E-state index < -0.39 is 9.84 Å². The fourth-order valence-electron chi connectivity index (χ4n) is 0.963. The molecule has 0 aromatic carbocycles. The predicted octanol–water partition coefficient (Wildman–Crippen LogP) is -0.466. The van der Waals surface area contributed by atoms with Gasteiger partial charge in [0, 0.05) is 13.6 Å². The predicted molar refractivity (Wildman–Crippen MR) is 60.5 cm³/mol. The minimum Gasteiger partial charge on any atom is -0.358 e. The van der Waals surface area contributed by atoms with Crippen molar-refractivity contribution in [3.05, 3.63) is 0 Å². The smallest absolute Gasteiger partial charge is 0.236 e. The van der Waals surface area contributed by atoms with E-state index in [9.17, 15) is 13.2 Å². The number of hydrogen-bond acceptors (Lipinski definition) is 4. The van der Waals surface area contributed by atoms with Gasteiger partial charge in [0.1, 0.15) is 0 Å². The van der Waals surface area contributed by atoms with E-state index in [0.29, 0.717) is 6.54 Å². The van der Waals surface area contributed by atoms with Crippen LogP contribution in [0.15, 0.2) is 0 Å². The quantitative estimate of drug-likeness (QED) is 0.654. The van der Waals surface area contributed by atoms with Gasteiger partial charge < -0.3 is 10.6 Å². The molecule has 2 N–H and O–H groups in total. The van der Waals surface area contributed by atoms with E-state index in [4.69, 9.17) is 0 Å². The van der Waals surface area contributed by atoms with Crippen LogP contribution in [0.3, 0.4) is 0 Å². The monoisotopic (exact) mass is 236 g/mol. The second kappa shape index (κ2) is 6.07. The van der Waals surface area contributed by atoms with E-state index in [-0.39, 0.29) is 23.0 Å². The molecule has 6 heteroatoms.